The van der Waals surface area contributed by atoms with Crippen LogP contribution in [0.2, 0.25) is 0 Å². The summed E-state index contributed by atoms with van der Waals surface area (Å²) in [5.74, 6) is -0.459. The lowest BCUT2D eigenvalue weighted by Gasteiger charge is -2.32. The molecule has 0 bridgehead atoms. The summed E-state index contributed by atoms with van der Waals surface area (Å²) in [6, 6.07) is 9.21. The molecule has 136 valence electrons. The zero-order valence-corrected chi connectivity index (χ0v) is 14.2. The predicted molar refractivity (Wildman–Crippen MR) is 91.3 cm³/mol. The third kappa shape index (κ3) is 3.42. The van der Waals surface area contributed by atoms with Gasteiger partial charge in [0.15, 0.2) is 28.9 Å². The van der Waals surface area contributed by atoms with Gasteiger partial charge in [0, 0.05) is 24.6 Å². The van der Waals surface area contributed by atoms with Crippen molar-refractivity contribution in [2.24, 2.45) is 5.92 Å². The second-order valence-corrected chi connectivity index (χ2v) is 6.76. The van der Waals surface area contributed by atoms with Crippen molar-refractivity contribution in [2.75, 3.05) is 19.9 Å². The van der Waals surface area contributed by atoms with E-state index in [1.54, 1.807) is 24.3 Å². The highest BCUT2D eigenvalue weighted by atomic mass is 19.2. The molecule has 2 heterocycles. The summed E-state index contributed by atoms with van der Waals surface area (Å²) in [6.07, 6.45) is 1.71. The first-order valence-electron chi connectivity index (χ1n) is 8.70. The lowest BCUT2D eigenvalue weighted by molar-refractivity contribution is 0.0811. The number of Topliss-reactive ketones (excluding diaryl/α,β-unsaturated/α-hetero) is 1. The highest BCUT2D eigenvalue weighted by molar-refractivity contribution is 5.98. The molecule has 1 saturated heterocycles. The summed E-state index contributed by atoms with van der Waals surface area (Å²) in [6.45, 7) is 2.12. The average molecular weight is 359 g/mol. The van der Waals surface area contributed by atoms with Crippen LogP contribution < -0.4 is 9.47 Å². The Morgan fingerprint density at radius 3 is 2.77 bits per heavy atom. The largest absolute Gasteiger partial charge is 0.454 e. The quantitative estimate of drug-likeness (QED) is 0.779. The van der Waals surface area contributed by atoms with Gasteiger partial charge >= 0.3 is 0 Å². The molecule has 0 saturated carbocycles. The lowest BCUT2D eigenvalue weighted by Crippen LogP contribution is -2.38. The van der Waals surface area contributed by atoms with Crippen LogP contribution in [-0.2, 0) is 6.54 Å². The number of likely N-dealkylation sites (tertiary alicyclic amines) is 1. The van der Waals surface area contributed by atoms with Gasteiger partial charge in [0.25, 0.3) is 0 Å². The number of ether oxygens (including phenoxy) is 2. The van der Waals surface area contributed by atoms with Crippen molar-refractivity contribution in [3.63, 3.8) is 0 Å². The monoisotopic (exact) mass is 359 g/mol. The van der Waals surface area contributed by atoms with E-state index in [9.17, 15) is 13.6 Å². The zero-order valence-electron chi connectivity index (χ0n) is 14.2. The third-order valence-corrected chi connectivity index (χ3v) is 4.92. The molecule has 0 aromatic heterocycles. The van der Waals surface area contributed by atoms with Crippen molar-refractivity contribution in [2.45, 2.75) is 19.4 Å². The van der Waals surface area contributed by atoms with E-state index in [-0.39, 0.29) is 18.5 Å². The van der Waals surface area contributed by atoms with Gasteiger partial charge in [-0.1, -0.05) is 6.07 Å². The summed E-state index contributed by atoms with van der Waals surface area (Å²) in [7, 11) is 0. The van der Waals surface area contributed by atoms with Crippen LogP contribution in [0.25, 0.3) is 0 Å². The molecule has 26 heavy (non-hydrogen) atoms. The number of fused-ring (bicyclic) bond motifs is 1. The normalized spacial score (nSPS) is 19.5. The van der Waals surface area contributed by atoms with E-state index >= 15 is 0 Å². The number of piperidine rings is 1. The molecule has 1 fully saturated rings. The van der Waals surface area contributed by atoms with Crippen LogP contribution in [0.5, 0.6) is 11.5 Å². The summed E-state index contributed by atoms with van der Waals surface area (Å²) < 4.78 is 37.1. The van der Waals surface area contributed by atoms with Crippen LogP contribution in [0.15, 0.2) is 36.4 Å². The Morgan fingerprint density at radius 2 is 1.92 bits per heavy atom. The number of hydrogen-bond acceptors (Lipinski definition) is 4. The van der Waals surface area contributed by atoms with Crippen molar-refractivity contribution < 1.29 is 23.0 Å². The highest BCUT2D eigenvalue weighted by Gasteiger charge is 2.28. The van der Waals surface area contributed by atoms with Gasteiger partial charge in [0.2, 0.25) is 6.79 Å². The molecule has 2 aromatic rings. The van der Waals surface area contributed by atoms with Crippen LogP contribution in [0.1, 0.15) is 28.8 Å². The third-order valence-electron chi connectivity index (χ3n) is 4.92. The average Bonchev–Trinajstić information content (AvgIpc) is 3.12. The number of nitrogens with zero attached hydrogens (tertiary/aromatic N) is 1. The molecule has 0 N–H and O–H groups in total. The Kier molecular flexibility index (Phi) is 4.59. The molecule has 2 aliphatic heterocycles. The van der Waals surface area contributed by atoms with Gasteiger partial charge in [0.05, 0.1) is 0 Å². The summed E-state index contributed by atoms with van der Waals surface area (Å²) in [5.41, 5.74) is 1.33. The minimum atomic E-state index is -0.844. The Bertz CT molecular complexity index is 840. The van der Waals surface area contributed by atoms with Gasteiger partial charge in [-0.3, -0.25) is 9.69 Å². The number of carbonyl (C=O) groups is 1. The van der Waals surface area contributed by atoms with Gasteiger partial charge in [-0.25, -0.2) is 8.78 Å². The van der Waals surface area contributed by atoms with Crippen LogP contribution in [-0.4, -0.2) is 30.6 Å². The lowest BCUT2D eigenvalue weighted by atomic mass is 9.89. The van der Waals surface area contributed by atoms with E-state index in [0.29, 0.717) is 35.7 Å². The Balaban J connectivity index is 1.44. The molecule has 0 radical (unpaired) electrons. The SMILES string of the molecule is O=C(c1ccc2c(c1)OCO2)[C@H]1CCCN(Cc2ccc(F)c(F)c2)C1. The summed E-state index contributed by atoms with van der Waals surface area (Å²) in [4.78, 5) is 15.0. The molecule has 0 aliphatic carbocycles. The smallest absolute Gasteiger partial charge is 0.231 e. The van der Waals surface area contributed by atoms with Crippen LogP contribution in [0.3, 0.4) is 0 Å². The Morgan fingerprint density at radius 1 is 1.08 bits per heavy atom. The first-order valence-corrected chi connectivity index (χ1v) is 8.70. The van der Waals surface area contributed by atoms with Gasteiger partial charge in [-0.05, 0) is 55.3 Å². The number of ketones is 1. The predicted octanol–water partition coefficient (Wildman–Crippen LogP) is 3.79. The number of benzene rings is 2. The van der Waals surface area contributed by atoms with Gasteiger partial charge in [0.1, 0.15) is 0 Å². The van der Waals surface area contributed by atoms with E-state index in [1.165, 1.54) is 6.07 Å². The maximum Gasteiger partial charge on any atom is 0.231 e. The molecule has 6 heteroatoms. The highest BCUT2D eigenvalue weighted by Crippen LogP contribution is 2.34. The molecule has 2 aliphatic rings. The molecule has 4 rings (SSSR count). The Hall–Kier alpha value is -2.47. The summed E-state index contributed by atoms with van der Waals surface area (Å²) in [5, 5.41) is 0. The Labute approximate surface area is 150 Å². The first-order chi connectivity index (χ1) is 12.6. The molecule has 2 aromatic carbocycles. The van der Waals surface area contributed by atoms with Gasteiger partial charge in [-0.15, -0.1) is 0 Å². The number of carbonyl (C=O) groups excluding carboxylic acids is 1. The first kappa shape index (κ1) is 17.0. The van der Waals surface area contributed by atoms with Crippen molar-refractivity contribution in [1.82, 2.24) is 4.90 Å². The number of hydrogen-bond donors (Lipinski definition) is 0. The van der Waals surface area contributed by atoms with Crippen molar-refractivity contribution in [3.05, 3.63) is 59.2 Å². The molecule has 4 nitrogen and oxygen atoms in total. The van der Waals surface area contributed by atoms with Gasteiger partial charge < -0.3 is 9.47 Å². The van der Waals surface area contributed by atoms with Crippen molar-refractivity contribution >= 4 is 5.78 Å². The molecule has 0 unspecified atom stereocenters. The van der Waals surface area contributed by atoms with E-state index in [1.807, 2.05) is 0 Å². The van der Waals surface area contributed by atoms with E-state index in [2.05, 4.69) is 4.90 Å². The maximum absolute atomic E-state index is 13.4. The zero-order chi connectivity index (χ0) is 18.1. The maximum atomic E-state index is 13.4. The number of rotatable bonds is 4. The van der Waals surface area contributed by atoms with E-state index in [0.717, 1.165) is 25.5 Å². The van der Waals surface area contributed by atoms with Crippen LogP contribution in [0, 0.1) is 17.6 Å². The standard InChI is InChI=1S/C20H19F2NO3/c21-16-5-3-13(8-17(16)22)10-23-7-1-2-15(11-23)20(24)14-4-6-18-19(9-14)26-12-25-18/h3-6,8-9,15H,1-2,7,10-12H2/t15-/m0/s1. The van der Waals surface area contributed by atoms with E-state index < -0.39 is 11.6 Å². The molecular formula is C20H19F2NO3. The summed E-state index contributed by atoms with van der Waals surface area (Å²) >= 11 is 0. The minimum absolute atomic E-state index is 0.0817. The van der Waals surface area contributed by atoms with Gasteiger partial charge in [-0.2, -0.15) is 0 Å². The van der Waals surface area contributed by atoms with Crippen molar-refractivity contribution in [1.29, 1.82) is 0 Å². The molecule has 0 amide bonds. The van der Waals surface area contributed by atoms with Crippen LogP contribution in [0.4, 0.5) is 8.78 Å². The topological polar surface area (TPSA) is 38.8 Å². The fourth-order valence-corrected chi connectivity index (χ4v) is 3.59. The minimum Gasteiger partial charge on any atom is -0.454 e. The fraction of sp³-hybridized carbons (Fsp3) is 0.350. The van der Waals surface area contributed by atoms with Crippen molar-refractivity contribution in [3.8, 4) is 11.5 Å². The molecule has 1 atom stereocenters. The fourth-order valence-electron chi connectivity index (χ4n) is 3.59. The second-order valence-electron chi connectivity index (χ2n) is 6.76. The van der Waals surface area contributed by atoms with E-state index in [4.69, 9.17) is 9.47 Å². The second kappa shape index (κ2) is 7.03. The molecular weight excluding hydrogens is 340 g/mol. The molecule has 0 spiro atoms. The van der Waals surface area contributed by atoms with Crippen LogP contribution >= 0.6 is 0 Å². The number of halogens is 2.